The molecule has 0 unspecified atom stereocenters. The summed E-state index contributed by atoms with van der Waals surface area (Å²) in [5, 5.41) is -1.19. The van der Waals surface area contributed by atoms with Crippen molar-refractivity contribution in [3.63, 3.8) is 0 Å². The molecule has 0 fully saturated rings. The van der Waals surface area contributed by atoms with E-state index in [9.17, 15) is 9.13 Å². The minimum atomic E-state index is -4.97. The Kier molecular flexibility index (Phi) is 4.82. The number of hydrogen-bond donors (Lipinski definition) is 4. The average molecular weight is 290 g/mol. The van der Waals surface area contributed by atoms with E-state index in [0.29, 0.717) is 0 Å². The highest BCUT2D eigenvalue weighted by Gasteiger charge is 2.35. The molecule has 4 N–H and O–H groups in total. The molecule has 0 aliphatic heterocycles. The highest BCUT2D eigenvalue weighted by atomic mass is 31.2. The molecule has 18 heavy (non-hydrogen) atoms. The molecule has 1 rings (SSSR count). The summed E-state index contributed by atoms with van der Waals surface area (Å²) in [5.74, 6) is 0. The SMILES string of the molecule is O=P(O)(O)C(=CC=Cc1ccccc1)P(=O)(O)O. The summed E-state index contributed by atoms with van der Waals surface area (Å²) >= 11 is 0. The summed E-state index contributed by atoms with van der Waals surface area (Å²) in [6.07, 6.45) is 3.41. The van der Waals surface area contributed by atoms with Crippen molar-refractivity contribution in [3.05, 3.63) is 53.1 Å². The minimum Gasteiger partial charge on any atom is -0.321 e. The third-order valence-corrected chi connectivity index (χ3v) is 4.99. The smallest absolute Gasteiger partial charge is 0.321 e. The van der Waals surface area contributed by atoms with Gasteiger partial charge in [0.2, 0.25) is 0 Å². The summed E-state index contributed by atoms with van der Waals surface area (Å²) < 4.78 is 21.8. The maximum absolute atomic E-state index is 10.9. The van der Waals surface area contributed by atoms with Crippen molar-refractivity contribution in [2.45, 2.75) is 0 Å². The van der Waals surface area contributed by atoms with Crippen LogP contribution < -0.4 is 0 Å². The van der Waals surface area contributed by atoms with Crippen LogP contribution in [0.3, 0.4) is 0 Å². The number of benzene rings is 1. The fraction of sp³-hybridized carbons (Fsp3) is 0. The average Bonchev–Trinajstić information content (AvgIpc) is 2.22. The van der Waals surface area contributed by atoms with Gasteiger partial charge in [-0.2, -0.15) is 0 Å². The van der Waals surface area contributed by atoms with E-state index < -0.39 is 20.2 Å². The van der Waals surface area contributed by atoms with Crippen LogP contribution >= 0.6 is 15.2 Å². The predicted molar refractivity (Wildman–Crippen MR) is 67.6 cm³/mol. The molecule has 1 aromatic rings. The van der Waals surface area contributed by atoms with E-state index in [2.05, 4.69) is 0 Å². The third-order valence-electron chi connectivity index (χ3n) is 1.93. The van der Waals surface area contributed by atoms with Gasteiger partial charge in [-0.05, 0) is 11.6 Å². The van der Waals surface area contributed by atoms with E-state index in [-0.39, 0.29) is 0 Å². The summed E-state index contributed by atoms with van der Waals surface area (Å²) in [6, 6.07) is 8.79. The van der Waals surface area contributed by atoms with Gasteiger partial charge in [0.25, 0.3) is 0 Å². The molecule has 0 radical (unpaired) electrons. The van der Waals surface area contributed by atoms with Gasteiger partial charge >= 0.3 is 15.2 Å². The maximum Gasteiger partial charge on any atom is 0.364 e. The Morgan fingerprint density at radius 2 is 1.44 bits per heavy atom. The van der Waals surface area contributed by atoms with E-state index in [1.807, 2.05) is 0 Å². The van der Waals surface area contributed by atoms with Crippen LogP contribution in [0.2, 0.25) is 0 Å². The van der Waals surface area contributed by atoms with E-state index in [4.69, 9.17) is 19.6 Å². The van der Waals surface area contributed by atoms with Gasteiger partial charge in [-0.15, -0.1) is 0 Å². The van der Waals surface area contributed by atoms with Gasteiger partial charge in [0.05, 0.1) is 0 Å². The first-order valence-corrected chi connectivity index (χ1v) is 7.99. The molecule has 0 spiro atoms. The monoisotopic (exact) mass is 290 g/mol. The molecule has 0 amide bonds. The Morgan fingerprint density at radius 1 is 0.944 bits per heavy atom. The second-order valence-electron chi connectivity index (χ2n) is 3.38. The van der Waals surface area contributed by atoms with Crippen molar-refractivity contribution in [2.24, 2.45) is 0 Å². The Labute approximate surface area is 104 Å². The Hall–Kier alpha value is -1.00. The van der Waals surface area contributed by atoms with Crippen LogP contribution in [0.25, 0.3) is 6.08 Å². The maximum atomic E-state index is 10.9. The fourth-order valence-corrected chi connectivity index (χ4v) is 3.09. The van der Waals surface area contributed by atoms with Crippen molar-refractivity contribution >= 4 is 21.3 Å². The quantitative estimate of drug-likeness (QED) is 0.497. The zero-order valence-corrected chi connectivity index (χ0v) is 10.9. The topological polar surface area (TPSA) is 115 Å². The Morgan fingerprint density at radius 3 is 1.89 bits per heavy atom. The molecule has 0 saturated heterocycles. The molecule has 0 aliphatic carbocycles. The summed E-state index contributed by atoms with van der Waals surface area (Å²) in [6.45, 7) is 0. The lowest BCUT2D eigenvalue weighted by molar-refractivity contribution is 0.367. The highest BCUT2D eigenvalue weighted by molar-refractivity contribution is 7.77. The van der Waals surface area contributed by atoms with Crippen LogP contribution in [-0.4, -0.2) is 19.6 Å². The van der Waals surface area contributed by atoms with Crippen molar-refractivity contribution in [2.75, 3.05) is 0 Å². The van der Waals surface area contributed by atoms with Crippen LogP contribution in [0.1, 0.15) is 5.56 Å². The van der Waals surface area contributed by atoms with Crippen LogP contribution in [0.4, 0.5) is 0 Å². The van der Waals surface area contributed by atoms with Gasteiger partial charge in [-0.1, -0.05) is 42.5 Å². The van der Waals surface area contributed by atoms with Gasteiger partial charge in [0.15, 0.2) is 5.06 Å². The Bertz CT molecular complexity index is 527. The van der Waals surface area contributed by atoms with E-state index in [1.54, 1.807) is 30.3 Å². The lowest BCUT2D eigenvalue weighted by atomic mass is 10.2. The van der Waals surface area contributed by atoms with Crippen molar-refractivity contribution in [1.29, 1.82) is 0 Å². The van der Waals surface area contributed by atoms with Crippen LogP contribution in [0, 0.1) is 0 Å². The fourth-order valence-electron chi connectivity index (χ4n) is 1.17. The molecular weight excluding hydrogens is 278 g/mol. The van der Waals surface area contributed by atoms with Gasteiger partial charge in [0.1, 0.15) is 0 Å². The largest absolute Gasteiger partial charge is 0.364 e. The van der Waals surface area contributed by atoms with E-state index >= 15 is 0 Å². The van der Waals surface area contributed by atoms with Crippen LogP contribution in [-0.2, 0) is 9.13 Å². The van der Waals surface area contributed by atoms with Gasteiger partial charge in [0, 0.05) is 0 Å². The first kappa shape index (κ1) is 15.1. The lowest BCUT2D eigenvalue weighted by Gasteiger charge is -2.09. The number of allylic oxidation sites excluding steroid dienone is 2. The second kappa shape index (κ2) is 5.76. The molecule has 0 atom stereocenters. The summed E-state index contributed by atoms with van der Waals surface area (Å²) in [4.78, 5) is 35.3. The molecule has 0 aromatic heterocycles. The molecule has 98 valence electrons. The van der Waals surface area contributed by atoms with Gasteiger partial charge in [-0.3, -0.25) is 9.13 Å². The van der Waals surface area contributed by atoms with E-state index in [0.717, 1.165) is 11.6 Å². The van der Waals surface area contributed by atoms with Crippen molar-refractivity contribution < 1.29 is 28.7 Å². The van der Waals surface area contributed by atoms with E-state index in [1.165, 1.54) is 12.2 Å². The minimum absolute atomic E-state index is 0.740. The Balaban J connectivity index is 3.03. The molecular formula is C10H12O6P2. The number of hydrogen-bond acceptors (Lipinski definition) is 2. The zero-order chi connectivity index (χ0) is 13.8. The third kappa shape index (κ3) is 4.70. The predicted octanol–water partition coefficient (Wildman–Crippen LogP) is 1.90. The van der Waals surface area contributed by atoms with Crippen molar-refractivity contribution in [3.8, 4) is 0 Å². The van der Waals surface area contributed by atoms with Gasteiger partial charge in [-0.25, -0.2) is 0 Å². The first-order valence-electron chi connectivity index (χ1n) is 4.77. The molecule has 8 heteroatoms. The molecule has 0 heterocycles. The van der Waals surface area contributed by atoms with Crippen LogP contribution in [0.5, 0.6) is 0 Å². The highest BCUT2D eigenvalue weighted by Crippen LogP contribution is 2.63. The second-order valence-corrected chi connectivity index (χ2v) is 6.88. The standard InChI is InChI=1S/C10H12O6P2/c11-17(12,13)10(18(14,15)16)8-4-7-9-5-2-1-3-6-9/h1-8H,(H2,11,12,13)(H2,14,15,16). The molecule has 1 aromatic carbocycles. The van der Waals surface area contributed by atoms with Crippen molar-refractivity contribution in [1.82, 2.24) is 0 Å². The molecule has 0 saturated carbocycles. The molecule has 0 bridgehead atoms. The molecule has 6 nitrogen and oxygen atoms in total. The zero-order valence-electron chi connectivity index (χ0n) is 9.12. The van der Waals surface area contributed by atoms with Gasteiger partial charge < -0.3 is 19.6 Å². The summed E-state index contributed by atoms with van der Waals surface area (Å²) in [7, 11) is -9.94. The normalized spacial score (nSPS) is 12.7. The summed E-state index contributed by atoms with van der Waals surface area (Å²) in [5.41, 5.74) is 0.740. The number of rotatable bonds is 4. The molecule has 0 aliphatic rings. The first-order chi connectivity index (χ1) is 8.21. The van der Waals surface area contributed by atoms with Crippen LogP contribution in [0.15, 0.2) is 47.5 Å². The lowest BCUT2D eigenvalue weighted by Crippen LogP contribution is -1.87.